The van der Waals surface area contributed by atoms with E-state index in [0.717, 1.165) is 18.2 Å². The fourth-order valence-electron chi connectivity index (χ4n) is 1.73. The van der Waals surface area contributed by atoms with E-state index in [2.05, 4.69) is 6.92 Å². The van der Waals surface area contributed by atoms with Gasteiger partial charge in [-0.05, 0) is 0 Å². The van der Waals surface area contributed by atoms with Crippen LogP contribution in [0.1, 0.15) is 43.5 Å². The Labute approximate surface area is 127 Å². The summed E-state index contributed by atoms with van der Waals surface area (Å²) in [6.07, 6.45) is 2.49. The number of hydrogen-bond donors (Lipinski definition) is 0. The minimum atomic E-state index is -0.248. The van der Waals surface area contributed by atoms with E-state index in [1.807, 2.05) is 18.2 Å². The van der Waals surface area contributed by atoms with Gasteiger partial charge in [-0.3, -0.25) is 0 Å². The molecule has 4 heteroatoms. The number of hydrogen-bond acceptors (Lipinski definition) is 3. The SMILES string of the molecule is CCCC[Se]C(CC(=O)c1ccccc1)C(=O)OCC. The molecule has 1 aromatic carbocycles. The number of Topliss-reactive ketones (excluding diaryl/α,β-unsaturated/α-hetero) is 1. The summed E-state index contributed by atoms with van der Waals surface area (Å²) < 4.78 is 5.10. The first-order valence-corrected chi connectivity index (χ1v) is 9.25. The molecular formula is C16H22O3Se. The standard InChI is InChI=1S/C16H22O3Se/c1-3-5-11-20-15(16(18)19-4-2)12-14(17)13-9-7-6-8-10-13/h6-10,15H,3-5,11-12H2,1-2H3. The van der Waals surface area contributed by atoms with Crippen LogP contribution in [0.3, 0.4) is 0 Å². The Bertz CT molecular complexity index is 417. The van der Waals surface area contributed by atoms with Crippen LogP contribution < -0.4 is 0 Å². The molecule has 0 fully saturated rings. The molecule has 20 heavy (non-hydrogen) atoms. The molecule has 1 rings (SSSR count). The van der Waals surface area contributed by atoms with Gasteiger partial charge in [0.25, 0.3) is 0 Å². The fourth-order valence-corrected chi connectivity index (χ4v) is 4.27. The molecule has 0 saturated heterocycles. The molecule has 110 valence electrons. The van der Waals surface area contributed by atoms with Crippen LogP contribution in [0.25, 0.3) is 0 Å². The molecule has 0 saturated carbocycles. The minimum absolute atomic E-state index is 0.0297. The van der Waals surface area contributed by atoms with Gasteiger partial charge >= 0.3 is 127 Å². The molecule has 1 aromatic rings. The first-order valence-electron chi connectivity index (χ1n) is 7.05. The molecule has 3 nitrogen and oxygen atoms in total. The van der Waals surface area contributed by atoms with Crippen LogP contribution >= 0.6 is 0 Å². The van der Waals surface area contributed by atoms with Gasteiger partial charge in [0.05, 0.1) is 0 Å². The maximum atomic E-state index is 12.2. The molecule has 0 amide bonds. The van der Waals surface area contributed by atoms with Crippen LogP contribution in [0.2, 0.25) is 10.1 Å². The molecule has 0 aliphatic carbocycles. The van der Waals surface area contributed by atoms with Gasteiger partial charge < -0.3 is 0 Å². The zero-order valence-corrected chi connectivity index (χ0v) is 13.8. The third-order valence-electron chi connectivity index (χ3n) is 2.83. The summed E-state index contributed by atoms with van der Waals surface area (Å²) in [5.74, 6) is -0.185. The van der Waals surface area contributed by atoms with Crippen molar-refractivity contribution in [2.75, 3.05) is 6.61 Å². The Morgan fingerprint density at radius 1 is 1.20 bits per heavy atom. The Morgan fingerprint density at radius 3 is 2.50 bits per heavy atom. The van der Waals surface area contributed by atoms with E-state index in [1.54, 1.807) is 19.1 Å². The van der Waals surface area contributed by atoms with Gasteiger partial charge in [0, 0.05) is 0 Å². The third-order valence-corrected chi connectivity index (χ3v) is 5.53. The van der Waals surface area contributed by atoms with E-state index in [4.69, 9.17) is 4.74 Å². The van der Waals surface area contributed by atoms with Gasteiger partial charge in [-0.25, -0.2) is 0 Å². The summed E-state index contributed by atoms with van der Waals surface area (Å²) in [6.45, 7) is 4.30. The maximum absolute atomic E-state index is 12.2. The summed E-state index contributed by atoms with van der Waals surface area (Å²) >= 11 is 0.132. The zero-order chi connectivity index (χ0) is 14.8. The molecule has 0 heterocycles. The summed E-state index contributed by atoms with van der Waals surface area (Å²) in [7, 11) is 0. The molecule has 0 aliphatic heterocycles. The first-order chi connectivity index (χ1) is 9.69. The second-order valence-corrected chi connectivity index (χ2v) is 7.21. The van der Waals surface area contributed by atoms with Crippen LogP contribution in [0.4, 0.5) is 0 Å². The van der Waals surface area contributed by atoms with Gasteiger partial charge in [-0.15, -0.1) is 0 Å². The van der Waals surface area contributed by atoms with E-state index < -0.39 is 0 Å². The van der Waals surface area contributed by atoms with Crippen molar-refractivity contribution in [3.63, 3.8) is 0 Å². The van der Waals surface area contributed by atoms with E-state index in [1.165, 1.54) is 0 Å². The molecule has 0 N–H and O–H groups in total. The summed E-state index contributed by atoms with van der Waals surface area (Å²) in [5.41, 5.74) is 0.674. The molecule has 0 bridgehead atoms. The topological polar surface area (TPSA) is 43.4 Å². The first kappa shape index (κ1) is 16.9. The van der Waals surface area contributed by atoms with Gasteiger partial charge in [0.2, 0.25) is 0 Å². The van der Waals surface area contributed by atoms with E-state index >= 15 is 0 Å². The Kier molecular flexibility index (Phi) is 8.24. The second-order valence-electron chi connectivity index (χ2n) is 4.46. The number of rotatable bonds is 9. The summed E-state index contributed by atoms with van der Waals surface area (Å²) in [4.78, 5) is 23.9. The average molecular weight is 341 g/mol. The van der Waals surface area contributed by atoms with E-state index in [0.29, 0.717) is 12.2 Å². The monoisotopic (exact) mass is 342 g/mol. The van der Waals surface area contributed by atoms with Gasteiger partial charge in [-0.1, -0.05) is 0 Å². The normalized spacial score (nSPS) is 11.9. The molecule has 0 aromatic heterocycles. The van der Waals surface area contributed by atoms with E-state index in [-0.39, 0.29) is 37.9 Å². The van der Waals surface area contributed by atoms with Crippen molar-refractivity contribution in [2.24, 2.45) is 0 Å². The molecule has 0 radical (unpaired) electrons. The van der Waals surface area contributed by atoms with Crippen molar-refractivity contribution in [1.82, 2.24) is 0 Å². The van der Waals surface area contributed by atoms with Crippen molar-refractivity contribution in [3.8, 4) is 0 Å². The van der Waals surface area contributed by atoms with Crippen molar-refractivity contribution in [3.05, 3.63) is 35.9 Å². The number of ketones is 1. The molecule has 1 atom stereocenters. The van der Waals surface area contributed by atoms with Crippen molar-refractivity contribution < 1.29 is 14.3 Å². The molecular weight excluding hydrogens is 319 g/mol. The van der Waals surface area contributed by atoms with Crippen LogP contribution in [-0.2, 0) is 9.53 Å². The number of esters is 1. The summed E-state index contributed by atoms with van der Waals surface area (Å²) in [6, 6.07) is 9.15. The fraction of sp³-hybridized carbons (Fsp3) is 0.500. The van der Waals surface area contributed by atoms with Crippen LogP contribution in [0.15, 0.2) is 30.3 Å². The number of ether oxygens (including phenoxy) is 1. The predicted molar refractivity (Wildman–Crippen MR) is 81.2 cm³/mol. The van der Waals surface area contributed by atoms with Crippen LogP contribution in [0.5, 0.6) is 0 Å². The van der Waals surface area contributed by atoms with Crippen molar-refractivity contribution in [2.45, 2.75) is 43.2 Å². The average Bonchev–Trinajstić information content (AvgIpc) is 2.47. The Morgan fingerprint density at radius 2 is 1.90 bits per heavy atom. The second kappa shape index (κ2) is 9.73. The van der Waals surface area contributed by atoms with Gasteiger partial charge in [0.1, 0.15) is 0 Å². The quantitative estimate of drug-likeness (QED) is 0.299. The number of unbranched alkanes of at least 4 members (excludes halogenated alkanes) is 1. The Hall–Kier alpha value is -1.12. The van der Waals surface area contributed by atoms with Crippen molar-refractivity contribution in [1.29, 1.82) is 0 Å². The predicted octanol–water partition coefficient (Wildman–Crippen LogP) is 3.53. The Balaban J connectivity index is 2.63. The number of benzene rings is 1. The number of carbonyl (C=O) groups excluding carboxylic acids is 2. The van der Waals surface area contributed by atoms with Crippen LogP contribution in [-0.4, -0.2) is 33.3 Å². The molecule has 1 unspecified atom stereocenters. The van der Waals surface area contributed by atoms with E-state index in [9.17, 15) is 9.59 Å². The molecule has 0 spiro atoms. The third kappa shape index (κ3) is 5.89. The number of carbonyl (C=O) groups is 2. The van der Waals surface area contributed by atoms with Crippen LogP contribution in [0, 0.1) is 0 Å². The van der Waals surface area contributed by atoms with Gasteiger partial charge in [-0.2, -0.15) is 0 Å². The molecule has 0 aliphatic rings. The summed E-state index contributed by atoms with van der Waals surface area (Å²) in [5, 5.41) is 1.02. The zero-order valence-electron chi connectivity index (χ0n) is 12.1. The van der Waals surface area contributed by atoms with Crippen molar-refractivity contribution >= 4 is 26.7 Å². The van der Waals surface area contributed by atoms with Gasteiger partial charge in [0.15, 0.2) is 0 Å².